The maximum atomic E-state index is 5.42. The molecule has 0 unspecified atom stereocenters. The standard InChI is InChI=1S/C24H21NOS.ClH/c1-26-18-11-7-10-17(14-18)21-15-20(16-8-3-2-4-9-16)23-19-12-5-6-13-22(19)27-24(23)25-21;/h2-4,7-11,14-15H,5-6,12-13H2,1H3;1H/p-1. The van der Waals surface area contributed by atoms with Crippen LogP contribution in [0.2, 0.25) is 0 Å². The Balaban J connectivity index is 0.00000192. The van der Waals surface area contributed by atoms with Crippen LogP contribution in [0.3, 0.4) is 0 Å². The number of halogens is 1. The smallest absolute Gasteiger partial charge is 0.125 e. The SMILES string of the molecule is COc1cccc(-c2cc(-c3ccccc3)c3c4c(sc3n2)CCCC4)c1.[Cl-]. The van der Waals surface area contributed by atoms with Crippen molar-refractivity contribution in [3.05, 3.63) is 71.1 Å². The van der Waals surface area contributed by atoms with Crippen LogP contribution in [0.15, 0.2) is 60.7 Å². The van der Waals surface area contributed by atoms with Gasteiger partial charge in [0.25, 0.3) is 0 Å². The van der Waals surface area contributed by atoms with Gasteiger partial charge >= 0.3 is 0 Å². The third-order valence-corrected chi connectivity index (χ3v) is 6.56. The Bertz CT molecular complexity index is 1120. The summed E-state index contributed by atoms with van der Waals surface area (Å²) in [4.78, 5) is 7.77. The zero-order valence-electron chi connectivity index (χ0n) is 15.7. The van der Waals surface area contributed by atoms with E-state index >= 15 is 0 Å². The maximum absolute atomic E-state index is 5.42. The zero-order chi connectivity index (χ0) is 18.2. The third-order valence-electron chi connectivity index (χ3n) is 5.38. The Kier molecular flexibility index (Phi) is 5.38. The lowest BCUT2D eigenvalue weighted by Crippen LogP contribution is -3.00. The molecule has 4 aromatic rings. The number of aromatic nitrogens is 1. The second kappa shape index (κ2) is 7.94. The number of pyridine rings is 1. The molecule has 1 aliphatic carbocycles. The number of aryl methyl sites for hydroxylation is 2. The van der Waals surface area contributed by atoms with Crippen molar-refractivity contribution in [2.24, 2.45) is 0 Å². The molecule has 2 heterocycles. The van der Waals surface area contributed by atoms with Crippen LogP contribution < -0.4 is 17.1 Å². The molecule has 2 aromatic heterocycles. The van der Waals surface area contributed by atoms with Crippen molar-refractivity contribution in [2.45, 2.75) is 25.7 Å². The lowest BCUT2D eigenvalue weighted by atomic mass is 9.92. The Morgan fingerprint density at radius 2 is 1.68 bits per heavy atom. The summed E-state index contributed by atoms with van der Waals surface area (Å²) < 4.78 is 5.42. The van der Waals surface area contributed by atoms with Gasteiger partial charge in [0.2, 0.25) is 0 Å². The summed E-state index contributed by atoms with van der Waals surface area (Å²) in [7, 11) is 1.71. The number of rotatable bonds is 3. The molecule has 4 heteroatoms. The highest BCUT2D eigenvalue weighted by atomic mass is 35.5. The predicted octanol–water partition coefficient (Wildman–Crippen LogP) is 3.52. The molecular formula is C24H21ClNOS-. The summed E-state index contributed by atoms with van der Waals surface area (Å²) in [6.45, 7) is 0. The Morgan fingerprint density at radius 1 is 0.893 bits per heavy atom. The van der Waals surface area contributed by atoms with E-state index in [-0.39, 0.29) is 12.4 Å². The largest absolute Gasteiger partial charge is 1.00 e. The monoisotopic (exact) mass is 406 g/mol. The van der Waals surface area contributed by atoms with Crippen molar-refractivity contribution in [1.29, 1.82) is 0 Å². The van der Waals surface area contributed by atoms with E-state index in [0.29, 0.717) is 0 Å². The number of fused-ring (bicyclic) bond motifs is 3. The normalized spacial score (nSPS) is 13.0. The first-order valence-electron chi connectivity index (χ1n) is 9.48. The van der Waals surface area contributed by atoms with E-state index in [9.17, 15) is 0 Å². The third kappa shape index (κ3) is 3.30. The fourth-order valence-electron chi connectivity index (χ4n) is 4.03. The molecule has 0 N–H and O–H groups in total. The summed E-state index contributed by atoms with van der Waals surface area (Å²) in [5.41, 5.74) is 6.21. The van der Waals surface area contributed by atoms with Gasteiger partial charge in [-0.05, 0) is 60.6 Å². The Morgan fingerprint density at radius 3 is 2.50 bits per heavy atom. The minimum Gasteiger partial charge on any atom is -1.00 e. The highest BCUT2D eigenvalue weighted by molar-refractivity contribution is 7.19. The number of hydrogen-bond donors (Lipinski definition) is 0. The van der Waals surface area contributed by atoms with Crippen LogP contribution in [0.4, 0.5) is 0 Å². The van der Waals surface area contributed by atoms with Crippen LogP contribution >= 0.6 is 11.3 Å². The van der Waals surface area contributed by atoms with Gasteiger partial charge < -0.3 is 17.1 Å². The molecule has 2 aromatic carbocycles. The second-order valence-corrected chi connectivity index (χ2v) is 8.13. The molecule has 1 aliphatic rings. The minimum absolute atomic E-state index is 0. The van der Waals surface area contributed by atoms with Crippen molar-refractivity contribution in [2.75, 3.05) is 7.11 Å². The van der Waals surface area contributed by atoms with E-state index in [0.717, 1.165) is 17.0 Å². The zero-order valence-corrected chi connectivity index (χ0v) is 17.3. The van der Waals surface area contributed by atoms with Crippen molar-refractivity contribution < 1.29 is 17.1 Å². The molecule has 28 heavy (non-hydrogen) atoms. The van der Waals surface area contributed by atoms with E-state index in [1.807, 2.05) is 23.5 Å². The molecular weight excluding hydrogens is 386 g/mol. The number of thiophene rings is 1. The fraction of sp³-hybridized carbons (Fsp3) is 0.208. The van der Waals surface area contributed by atoms with Crippen LogP contribution in [0.1, 0.15) is 23.3 Å². The number of methoxy groups -OCH3 is 1. The molecule has 0 amide bonds. The van der Waals surface area contributed by atoms with Gasteiger partial charge in [0.15, 0.2) is 0 Å². The quantitative estimate of drug-likeness (QED) is 0.519. The van der Waals surface area contributed by atoms with E-state index in [4.69, 9.17) is 9.72 Å². The molecule has 0 bridgehead atoms. The molecule has 0 radical (unpaired) electrons. The lowest BCUT2D eigenvalue weighted by molar-refractivity contribution is -0.00000554. The van der Waals surface area contributed by atoms with Gasteiger partial charge in [-0.15, -0.1) is 11.3 Å². The van der Waals surface area contributed by atoms with E-state index in [2.05, 4.69) is 48.5 Å². The molecule has 0 spiro atoms. The van der Waals surface area contributed by atoms with Crippen molar-refractivity contribution >= 4 is 21.6 Å². The molecule has 2 nitrogen and oxygen atoms in total. The second-order valence-electron chi connectivity index (χ2n) is 7.04. The van der Waals surface area contributed by atoms with Gasteiger partial charge in [0.05, 0.1) is 12.8 Å². The summed E-state index contributed by atoms with van der Waals surface area (Å²) in [5.74, 6) is 0.862. The first kappa shape index (κ1) is 19.0. The van der Waals surface area contributed by atoms with Crippen LogP contribution in [0.5, 0.6) is 5.75 Å². The van der Waals surface area contributed by atoms with Gasteiger partial charge in [-0.2, -0.15) is 0 Å². The van der Waals surface area contributed by atoms with Crippen molar-refractivity contribution in [1.82, 2.24) is 4.98 Å². The van der Waals surface area contributed by atoms with E-state index < -0.39 is 0 Å². The van der Waals surface area contributed by atoms with Crippen molar-refractivity contribution in [3.8, 4) is 28.1 Å². The van der Waals surface area contributed by atoms with Crippen LogP contribution in [0.25, 0.3) is 32.6 Å². The Hall–Kier alpha value is -2.36. The number of hydrogen-bond acceptors (Lipinski definition) is 3. The highest BCUT2D eigenvalue weighted by Crippen LogP contribution is 2.42. The molecule has 0 atom stereocenters. The minimum atomic E-state index is 0. The molecule has 0 saturated carbocycles. The summed E-state index contributed by atoms with van der Waals surface area (Å²) in [6.07, 6.45) is 4.95. The number of ether oxygens (including phenoxy) is 1. The van der Waals surface area contributed by atoms with Gasteiger partial charge in [-0.1, -0.05) is 42.5 Å². The Labute approximate surface area is 175 Å². The van der Waals surface area contributed by atoms with E-state index in [1.165, 1.54) is 57.5 Å². The van der Waals surface area contributed by atoms with Crippen molar-refractivity contribution in [3.63, 3.8) is 0 Å². The van der Waals surface area contributed by atoms with Crippen LogP contribution in [0, 0.1) is 0 Å². The summed E-state index contributed by atoms with van der Waals surface area (Å²) in [6, 6.07) is 21.2. The highest BCUT2D eigenvalue weighted by Gasteiger charge is 2.21. The lowest BCUT2D eigenvalue weighted by Gasteiger charge is -2.13. The molecule has 5 rings (SSSR count). The molecule has 0 fully saturated rings. The molecule has 0 aliphatic heterocycles. The van der Waals surface area contributed by atoms with Crippen LogP contribution in [-0.4, -0.2) is 12.1 Å². The predicted molar refractivity (Wildman–Crippen MR) is 114 cm³/mol. The van der Waals surface area contributed by atoms with Gasteiger partial charge in [0.1, 0.15) is 10.6 Å². The summed E-state index contributed by atoms with van der Waals surface area (Å²) >= 11 is 1.88. The van der Waals surface area contributed by atoms with Gasteiger partial charge in [-0.3, -0.25) is 0 Å². The fourth-order valence-corrected chi connectivity index (χ4v) is 5.32. The van der Waals surface area contributed by atoms with Gasteiger partial charge in [-0.25, -0.2) is 4.98 Å². The van der Waals surface area contributed by atoms with Crippen LogP contribution in [-0.2, 0) is 12.8 Å². The van der Waals surface area contributed by atoms with Gasteiger partial charge in [0, 0.05) is 15.8 Å². The summed E-state index contributed by atoms with van der Waals surface area (Å²) in [5, 5.41) is 1.37. The topological polar surface area (TPSA) is 22.1 Å². The maximum Gasteiger partial charge on any atom is 0.125 e. The average molecular weight is 407 g/mol. The van der Waals surface area contributed by atoms with E-state index in [1.54, 1.807) is 7.11 Å². The molecule has 142 valence electrons. The molecule has 0 saturated heterocycles. The first-order valence-corrected chi connectivity index (χ1v) is 10.3. The average Bonchev–Trinajstić information content (AvgIpc) is 3.12. The number of benzene rings is 2. The number of nitrogens with zero attached hydrogens (tertiary/aromatic N) is 1. The first-order chi connectivity index (χ1) is 13.3.